The average Bonchev–Trinajstić information content (AvgIpc) is 3.03. The van der Waals surface area contributed by atoms with Gasteiger partial charge in [-0.1, -0.05) is 6.92 Å². The molecule has 4 heterocycles. The van der Waals surface area contributed by atoms with Crippen molar-refractivity contribution in [1.29, 1.82) is 0 Å². The second kappa shape index (κ2) is 6.40. The third-order valence-electron chi connectivity index (χ3n) is 10.7. The van der Waals surface area contributed by atoms with E-state index in [1.165, 1.54) is 12.3 Å². The molecule has 8 nitrogen and oxygen atoms in total. The summed E-state index contributed by atoms with van der Waals surface area (Å²) in [5, 5.41) is 24.1. The third kappa shape index (κ3) is 2.37. The number of carbonyl (C=O) groups excluding carboxylic acids is 1. The van der Waals surface area contributed by atoms with Gasteiger partial charge in [0, 0.05) is 31.7 Å². The molecule has 7 aliphatic rings. The van der Waals surface area contributed by atoms with Gasteiger partial charge in [-0.2, -0.15) is 0 Å². The zero-order valence-corrected chi connectivity index (χ0v) is 19.6. The highest BCUT2D eigenvalue weighted by molar-refractivity contribution is 5.66. The molecule has 184 valence electrons. The first-order valence-electron chi connectivity index (χ1n) is 12.6. The summed E-state index contributed by atoms with van der Waals surface area (Å²) in [6.45, 7) is 3.83. The molecule has 1 aromatic rings. The van der Waals surface area contributed by atoms with E-state index in [1.54, 1.807) is 13.0 Å². The Labute approximate surface area is 197 Å². The Morgan fingerprint density at radius 1 is 1.12 bits per heavy atom. The van der Waals surface area contributed by atoms with Crippen molar-refractivity contribution in [2.24, 2.45) is 22.7 Å². The van der Waals surface area contributed by atoms with Crippen LogP contribution < -0.4 is 5.63 Å². The zero-order chi connectivity index (χ0) is 23.7. The SMILES string of the molecule is CC12OC3CC(O1)C1(C=O)C4C(O)CC5(C)CC(c6ccc(=O)oc6)CC5(O)C4CCC1(C3)O2. The van der Waals surface area contributed by atoms with Gasteiger partial charge in [0.2, 0.25) is 0 Å². The van der Waals surface area contributed by atoms with E-state index in [-0.39, 0.29) is 17.9 Å². The van der Waals surface area contributed by atoms with Gasteiger partial charge in [0.25, 0.3) is 5.97 Å². The zero-order valence-electron chi connectivity index (χ0n) is 19.6. The maximum Gasteiger partial charge on any atom is 0.335 e. The molecular formula is C26H32O8. The van der Waals surface area contributed by atoms with Crippen molar-refractivity contribution in [2.75, 3.05) is 0 Å². The molecule has 11 atom stereocenters. The summed E-state index contributed by atoms with van der Waals surface area (Å²) < 4.78 is 23.8. The van der Waals surface area contributed by atoms with E-state index in [4.69, 9.17) is 18.6 Å². The van der Waals surface area contributed by atoms with Crippen molar-refractivity contribution in [3.8, 4) is 0 Å². The van der Waals surface area contributed by atoms with Gasteiger partial charge < -0.3 is 33.6 Å². The Bertz CT molecular complexity index is 1100. The fourth-order valence-corrected chi connectivity index (χ4v) is 9.59. The number of hydrogen-bond donors (Lipinski definition) is 2. The summed E-state index contributed by atoms with van der Waals surface area (Å²) in [4.78, 5) is 24.6. The van der Waals surface area contributed by atoms with Crippen molar-refractivity contribution in [1.82, 2.24) is 0 Å². The number of ether oxygens (including phenoxy) is 3. The fourth-order valence-electron chi connectivity index (χ4n) is 9.59. The van der Waals surface area contributed by atoms with Crippen LogP contribution in [0.15, 0.2) is 27.6 Å². The van der Waals surface area contributed by atoms with Gasteiger partial charge in [-0.3, -0.25) is 0 Å². The van der Waals surface area contributed by atoms with Gasteiger partial charge in [-0.05, 0) is 61.0 Å². The van der Waals surface area contributed by atoms with E-state index in [2.05, 4.69) is 6.92 Å². The maximum absolute atomic E-state index is 13.1. The van der Waals surface area contributed by atoms with Crippen molar-refractivity contribution >= 4 is 6.29 Å². The third-order valence-corrected chi connectivity index (χ3v) is 10.7. The fraction of sp³-hybridized carbons (Fsp3) is 0.769. The van der Waals surface area contributed by atoms with Crippen molar-refractivity contribution in [3.63, 3.8) is 0 Å². The van der Waals surface area contributed by atoms with Crippen LogP contribution in [0.2, 0.25) is 0 Å². The van der Waals surface area contributed by atoms with Crippen LogP contribution in [0.25, 0.3) is 0 Å². The summed E-state index contributed by atoms with van der Waals surface area (Å²) >= 11 is 0. The quantitative estimate of drug-likeness (QED) is 0.630. The maximum atomic E-state index is 13.1. The molecule has 1 spiro atoms. The predicted molar refractivity (Wildman–Crippen MR) is 117 cm³/mol. The molecule has 0 radical (unpaired) electrons. The van der Waals surface area contributed by atoms with E-state index >= 15 is 0 Å². The monoisotopic (exact) mass is 472 g/mol. The van der Waals surface area contributed by atoms with Gasteiger partial charge >= 0.3 is 5.63 Å². The smallest absolute Gasteiger partial charge is 0.335 e. The van der Waals surface area contributed by atoms with Crippen LogP contribution in [-0.2, 0) is 19.0 Å². The van der Waals surface area contributed by atoms with E-state index in [0.717, 1.165) is 11.8 Å². The number of aliphatic hydroxyl groups is 2. The summed E-state index contributed by atoms with van der Waals surface area (Å²) in [6.07, 6.45) is 5.35. The van der Waals surface area contributed by atoms with E-state index in [9.17, 15) is 19.8 Å². The summed E-state index contributed by atoms with van der Waals surface area (Å²) in [5.41, 5.74) is -2.87. The molecule has 11 unspecified atom stereocenters. The van der Waals surface area contributed by atoms with Crippen molar-refractivity contribution in [3.05, 3.63) is 34.4 Å². The molecule has 3 aliphatic heterocycles. The molecular weight excluding hydrogens is 440 g/mol. The minimum absolute atomic E-state index is 0.00618. The lowest BCUT2D eigenvalue weighted by Crippen LogP contribution is -2.82. The Balaban J connectivity index is 1.32. The van der Waals surface area contributed by atoms with Crippen LogP contribution in [0.5, 0.6) is 0 Å². The minimum atomic E-state index is -1.16. The van der Waals surface area contributed by atoms with E-state index in [1.807, 2.05) is 0 Å². The molecule has 2 N–H and O–H groups in total. The van der Waals surface area contributed by atoms with Gasteiger partial charge in [-0.25, -0.2) is 4.79 Å². The molecule has 34 heavy (non-hydrogen) atoms. The van der Waals surface area contributed by atoms with Gasteiger partial charge in [0.1, 0.15) is 6.29 Å². The predicted octanol–water partition coefficient (Wildman–Crippen LogP) is 2.25. The highest BCUT2D eigenvalue weighted by atomic mass is 16.9. The summed E-state index contributed by atoms with van der Waals surface area (Å²) in [7, 11) is 0. The Hall–Kier alpha value is -1.58. The first kappa shape index (κ1) is 21.7. The summed E-state index contributed by atoms with van der Waals surface area (Å²) in [5.74, 6) is -1.88. The topological polar surface area (TPSA) is 115 Å². The highest BCUT2D eigenvalue weighted by Gasteiger charge is 2.80. The largest absolute Gasteiger partial charge is 0.431 e. The number of hydrogen-bond acceptors (Lipinski definition) is 8. The molecule has 7 fully saturated rings. The normalized spacial score (nSPS) is 57.1. The van der Waals surface area contributed by atoms with E-state index in [0.29, 0.717) is 44.9 Å². The van der Waals surface area contributed by atoms with Crippen molar-refractivity contribution in [2.45, 2.75) is 100 Å². The number of rotatable bonds is 2. The van der Waals surface area contributed by atoms with Gasteiger partial charge in [-0.15, -0.1) is 0 Å². The lowest BCUT2D eigenvalue weighted by atomic mass is 9.40. The Morgan fingerprint density at radius 3 is 2.65 bits per heavy atom. The van der Waals surface area contributed by atoms with Crippen LogP contribution >= 0.6 is 0 Å². The number of carbonyl (C=O) groups is 1. The number of aliphatic hydroxyl groups excluding tert-OH is 1. The van der Waals surface area contributed by atoms with Crippen LogP contribution in [0.4, 0.5) is 0 Å². The number of aldehydes is 1. The second-order valence-corrected chi connectivity index (χ2v) is 12.2. The minimum Gasteiger partial charge on any atom is -0.431 e. The molecule has 8 heteroatoms. The van der Waals surface area contributed by atoms with Crippen LogP contribution in [0.1, 0.15) is 70.3 Å². The van der Waals surface area contributed by atoms with Crippen LogP contribution in [0.3, 0.4) is 0 Å². The molecule has 4 aliphatic carbocycles. The standard InChI is InChI=1S/C26H32O8/c1-22-8-15(14-3-4-20(29)31-12-14)9-26(22,30)17-5-6-24-10-16-7-19(33-23(2,32-16)34-24)25(24,13-27)21(17)18(28)11-22/h3-4,12-13,15-19,21,28,30H,5-11H2,1-2H3. The molecule has 0 aromatic carbocycles. The molecule has 0 amide bonds. The number of fused-ring (bicyclic) bond motifs is 3. The molecule has 1 aromatic heterocycles. The van der Waals surface area contributed by atoms with Gasteiger partial charge in [0.15, 0.2) is 0 Å². The lowest BCUT2D eigenvalue weighted by Gasteiger charge is -2.73. The molecule has 4 bridgehead atoms. The van der Waals surface area contributed by atoms with Crippen LogP contribution in [-0.4, -0.2) is 52.0 Å². The first-order chi connectivity index (χ1) is 16.1. The second-order valence-electron chi connectivity index (χ2n) is 12.2. The van der Waals surface area contributed by atoms with Crippen molar-refractivity contribution < 1.29 is 33.6 Å². The first-order valence-corrected chi connectivity index (χ1v) is 12.6. The lowest BCUT2D eigenvalue weighted by molar-refractivity contribution is -0.543. The Kier molecular flexibility index (Phi) is 4.08. The molecule has 4 saturated carbocycles. The van der Waals surface area contributed by atoms with Gasteiger partial charge in [0.05, 0.1) is 41.2 Å². The Morgan fingerprint density at radius 2 is 1.94 bits per heavy atom. The van der Waals surface area contributed by atoms with Crippen LogP contribution in [0, 0.1) is 22.7 Å². The molecule has 8 rings (SSSR count). The summed E-state index contributed by atoms with van der Waals surface area (Å²) in [6, 6.07) is 3.19. The highest BCUT2D eigenvalue weighted by Crippen LogP contribution is 2.73. The molecule has 3 saturated heterocycles. The van der Waals surface area contributed by atoms with E-state index < -0.39 is 51.8 Å². The average molecular weight is 473 g/mol.